The third-order valence-corrected chi connectivity index (χ3v) is 5.76. The number of rotatable bonds is 7. The molecule has 0 fully saturated rings. The van der Waals surface area contributed by atoms with Gasteiger partial charge in [-0.05, 0) is 26.0 Å². The molecule has 0 saturated carbocycles. The highest BCUT2D eigenvalue weighted by atomic mass is 127. The number of nitrogens with zero attached hydrogens (tertiary/aromatic N) is 5. The van der Waals surface area contributed by atoms with Crippen molar-refractivity contribution in [3.63, 3.8) is 0 Å². The molecule has 3 aromatic rings. The number of aliphatic imine (C=N–C) groups is 1. The van der Waals surface area contributed by atoms with Gasteiger partial charge in [0.2, 0.25) is 0 Å². The Hall–Kier alpha value is -1.72. The van der Waals surface area contributed by atoms with Crippen LogP contribution < -0.4 is 5.32 Å². The van der Waals surface area contributed by atoms with E-state index in [1.165, 1.54) is 0 Å². The largest absolute Gasteiger partial charge is 0.375 e. The van der Waals surface area contributed by atoms with Crippen molar-refractivity contribution in [3.8, 4) is 0 Å². The van der Waals surface area contributed by atoms with Crippen molar-refractivity contribution in [3.05, 3.63) is 46.2 Å². The molecule has 0 aliphatic rings. The van der Waals surface area contributed by atoms with Crippen LogP contribution in [0.15, 0.2) is 34.6 Å². The van der Waals surface area contributed by atoms with Crippen molar-refractivity contribution in [1.82, 2.24) is 24.8 Å². The first-order valence-electron chi connectivity index (χ1n) is 9.34. The van der Waals surface area contributed by atoms with Crippen molar-refractivity contribution in [2.45, 2.75) is 33.0 Å². The van der Waals surface area contributed by atoms with Gasteiger partial charge in [-0.25, -0.2) is 9.97 Å². The van der Waals surface area contributed by atoms with E-state index in [0.717, 1.165) is 46.6 Å². The van der Waals surface area contributed by atoms with Crippen molar-refractivity contribution < 1.29 is 4.74 Å². The Bertz CT molecular complexity index is 954. The smallest absolute Gasteiger partial charge is 0.193 e. The summed E-state index contributed by atoms with van der Waals surface area (Å²) in [7, 11) is 5.52. The Kier molecular flexibility index (Phi) is 8.84. The third kappa shape index (κ3) is 5.67. The number of guanidine groups is 1. The number of imidazole rings is 1. The zero-order valence-corrected chi connectivity index (χ0v) is 20.7. The Morgan fingerprint density at radius 2 is 2.10 bits per heavy atom. The van der Waals surface area contributed by atoms with E-state index >= 15 is 0 Å². The Labute approximate surface area is 193 Å². The van der Waals surface area contributed by atoms with Crippen LogP contribution in [0.25, 0.3) is 11.0 Å². The predicted molar refractivity (Wildman–Crippen MR) is 130 cm³/mol. The number of hydrogen-bond acceptors (Lipinski definition) is 5. The van der Waals surface area contributed by atoms with Crippen molar-refractivity contribution in [2.24, 2.45) is 4.99 Å². The second kappa shape index (κ2) is 10.9. The number of benzene rings is 1. The monoisotopic (exact) mass is 528 g/mol. The molecule has 1 aromatic carbocycles. The van der Waals surface area contributed by atoms with E-state index in [1.807, 2.05) is 39.1 Å². The zero-order valence-electron chi connectivity index (χ0n) is 17.5. The molecule has 1 unspecified atom stereocenters. The fourth-order valence-corrected chi connectivity index (χ4v) is 3.98. The molecular weight excluding hydrogens is 499 g/mol. The first-order valence-corrected chi connectivity index (χ1v) is 10.2. The maximum Gasteiger partial charge on any atom is 0.193 e. The van der Waals surface area contributed by atoms with Gasteiger partial charge in [0.05, 0.1) is 23.3 Å². The lowest BCUT2D eigenvalue weighted by Crippen LogP contribution is -2.40. The lowest BCUT2D eigenvalue weighted by molar-refractivity contribution is 0.119. The topological polar surface area (TPSA) is 67.6 Å². The average Bonchev–Trinajstić information content (AvgIpc) is 3.28. The molecule has 0 bridgehead atoms. The summed E-state index contributed by atoms with van der Waals surface area (Å²) in [6.07, 6.45) is 0.0229. The van der Waals surface area contributed by atoms with Gasteiger partial charge in [0, 0.05) is 39.7 Å². The summed E-state index contributed by atoms with van der Waals surface area (Å²) in [4.78, 5) is 15.8. The number of aryl methyl sites for hydroxylation is 1. The number of nitrogens with one attached hydrogen (secondary N) is 1. The summed E-state index contributed by atoms with van der Waals surface area (Å²) in [6, 6.07) is 8.22. The number of fused-ring (bicyclic) bond motifs is 1. The van der Waals surface area contributed by atoms with Gasteiger partial charge in [0.25, 0.3) is 0 Å². The number of methoxy groups -OCH3 is 1. The molecule has 0 amide bonds. The highest BCUT2D eigenvalue weighted by molar-refractivity contribution is 14.0. The fraction of sp³-hybridized carbons (Fsp3) is 0.450. The van der Waals surface area contributed by atoms with Gasteiger partial charge in [0.15, 0.2) is 5.96 Å². The number of halogens is 1. The fourth-order valence-electron chi connectivity index (χ4n) is 3.14. The number of thiazole rings is 1. The van der Waals surface area contributed by atoms with Crippen molar-refractivity contribution >= 4 is 52.3 Å². The van der Waals surface area contributed by atoms with Gasteiger partial charge < -0.3 is 19.5 Å². The van der Waals surface area contributed by atoms with Crippen LogP contribution in [0, 0.1) is 6.92 Å². The molecular formula is C20H29IN6OS. The molecule has 0 saturated heterocycles. The second-order valence-corrected chi connectivity index (χ2v) is 7.57. The van der Waals surface area contributed by atoms with E-state index < -0.39 is 0 Å². The van der Waals surface area contributed by atoms with Crippen LogP contribution in [0.3, 0.4) is 0 Å². The van der Waals surface area contributed by atoms with Crippen LogP contribution in [0.4, 0.5) is 0 Å². The minimum atomic E-state index is 0. The molecule has 1 N–H and O–H groups in total. The molecule has 2 heterocycles. The normalized spacial score (nSPS) is 12.7. The van der Waals surface area contributed by atoms with Gasteiger partial charge in [-0.1, -0.05) is 12.1 Å². The Balaban J connectivity index is 0.00000300. The first kappa shape index (κ1) is 23.6. The van der Waals surface area contributed by atoms with E-state index in [9.17, 15) is 0 Å². The molecule has 3 rings (SSSR count). The molecule has 29 heavy (non-hydrogen) atoms. The maximum absolute atomic E-state index is 5.34. The zero-order chi connectivity index (χ0) is 20.1. The standard InChI is InChI=1S/C20H28N6OS.HI/c1-14(27-5)19-24-16(13-28-19)12-25(4)20(21-3)22-10-11-26-15(2)23-17-8-6-7-9-18(17)26;/h6-9,13-14H,10-12H2,1-5H3,(H,21,22);1H. The van der Waals surface area contributed by atoms with E-state index in [0.29, 0.717) is 6.54 Å². The molecule has 0 spiro atoms. The molecule has 0 aliphatic carbocycles. The minimum absolute atomic E-state index is 0. The Morgan fingerprint density at radius 3 is 2.83 bits per heavy atom. The molecule has 0 radical (unpaired) electrons. The molecule has 7 nitrogen and oxygen atoms in total. The average molecular weight is 528 g/mol. The summed E-state index contributed by atoms with van der Waals surface area (Å²) >= 11 is 1.63. The molecule has 2 aromatic heterocycles. The van der Waals surface area contributed by atoms with Crippen LogP contribution >= 0.6 is 35.3 Å². The van der Waals surface area contributed by atoms with Crippen LogP contribution in [-0.2, 0) is 17.8 Å². The Morgan fingerprint density at radius 1 is 1.34 bits per heavy atom. The molecule has 1 atom stereocenters. The van der Waals surface area contributed by atoms with Gasteiger partial charge in [-0.3, -0.25) is 4.99 Å². The van der Waals surface area contributed by atoms with Gasteiger partial charge in [-0.2, -0.15) is 0 Å². The minimum Gasteiger partial charge on any atom is -0.375 e. The summed E-state index contributed by atoms with van der Waals surface area (Å²) in [5, 5.41) is 6.51. The first-order chi connectivity index (χ1) is 13.5. The summed E-state index contributed by atoms with van der Waals surface area (Å²) in [5.41, 5.74) is 3.21. The van der Waals surface area contributed by atoms with E-state index in [-0.39, 0.29) is 30.1 Å². The summed E-state index contributed by atoms with van der Waals surface area (Å²) in [6.45, 7) is 6.34. The predicted octanol–water partition coefficient (Wildman–Crippen LogP) is 3.83. The number of ether oxygens (including phenoxy) is 1. The van der Waals surface area contributed by atoms with Crippen molar-refractivity contribution in [1.29, 1.82) is 0 Å². The lowest BCUT2D eigenvalue weighted by Gasteiger charge is -2.21. The van der Waals surface area contributed by atoms with Crippen LogP contribution in [0.2, 0.25) is 0 Å². The van der Waals surface area contributed by atoms with E-state index in [2.05, 4.69) is 41.2 Å². The van der Waals surface area contributed by atoms with Crippen LogP contribution in [0.5, 0.6) is 0 Å². The highest BCUT2D eigenvalue weighted by Crippen LogP contribution is 2.21. The summed E-state index contributed by atoms with van der Waals surface area (Å²) in [5.74, 6) is 1.87. The number of para-hydroxylation sites is 2. The third-order valence-electron chi connectivity index (χ3n) is 4.71. The summed E-state index contributed by atoms with van der Waals surface area (Å²) < 4.78 is 7.57. The van der Waals surface area contributed by atoms with Crippen molar-refractivity contribution in [2.75, 3.05) is 27.7 Å². The van der Waals surface area contributed by atoms with Gasteiger partial charge in [0.1, 0.15) is 16.9 Å². The van der Waals surface area contributed by atoms with Crippen LogP contribution in [-0.4, -0.2) is 53.1 Å². The highest BCUT2D eigenvalue weighted by Gasteiger charge is 2.13. The molecule has 0 aliphatic heterocycles. The lowest BCUT2D eigenvalue weighted by atomic mass is 10.3. The van der Waals surface area contributed by atoms with Gasteiger partial charge in [-0.15, -0.1) is 35.3 Å². The van der Waals surface area contributed by atoms with Crippen LogP contribution in [0.1, 0.15) is 29.6 Å². The molecule has 158 valence electrons. The SMILES string of the molecule is CN=C(NCCn1c(C)nc2ccccc21)N(C)Cc1csc(C(C)OC)n1.I. The molecule has 9 heteroatoms. The second-order valence-electron chi connectivity index (χ2n) is 6.68. The number of hydrogen-bond donors (Lipinski definition) is 1. The number of aromatic nitrogens is 3. The maximum atomic E-state index is 5.34. The quantitative estimate of drug-likeness (QED) is 0.287. The van der Waals surface area contributed by atoms with E-state index in [4.69, 9.17) is 4.74 Å². The van der Waals surface area contributed by atoms with Gasteiger partial charge >= 0.3 is 0 Å². The van der Waals surface area contributed by atoms with E-state index in [1.54, 1.807) is 25.5 Å².